The number of hydrogen-bond donors (Lipinski definition) is 4. The fourth-order valence-electron chi connectivity index (χ4n) is 5.98. The quantitative estimate of drug-likeness (QED) is 0.614. The van der Waals surface area contributed by atoms with Crippen LogP contribution in [0.5, 0.6) is 5.75 Å². The Morgan fingerprint density at radius 3 is 2.31 bits per heavy atom. The van der Waals surface area contributed by atoms with Crippen molar-refractivity contribution >= 4 is 5.91 Å². The molecule has 3 aliphatic carbocycles. The summed E-state index contributed by atoms with van der Waals surface area (Å²) in [6.45, 7) is 4.98. The van der Waals surface area contributed by atoms with E-state index in [-0.39, 0.29) is 17.2 Å². The van der Waals surface area contributed by atoms with Gasteiger partial charge in [0.2, 0.25) is 0 Å². The summed E-state index contributed by atoms with van der Waals surface area (Å²) < 4.78 is 0. The van der Waals surface area contributed by atoms with E-state index in [4.69, 9.17) is 11.5 Å². The van der Waals surface area contributed by atoms with Gasteiger partial charge in [0, 0.05) is 11.0 Å². The topological polar surface area (TPSA) is 110 Å². The second kappa shape index (κ2) is 8.65. The normalized spacial score (nSPS) is 31.8. The third-order valence-corrected chi connectivity index (χ3v) is 7.98. The van der Waals surface area contributed by atoms with Crippen molar-refractivity contribution in [1.29, 1.82) is 0 Å². The first-order valence-electron chi connectivity index (χ1n) is 11.3. The minimum atomic E-state index is -0.817. The van der Waals surface area contributed by atoms with Gasteiger partial charge in [-0.1, -0.05) is 38.7 Å². The van der Waals surface area contributed by atoms with E-state index in [1.54, 1.807) is 6.07 Å². The van der Waals surface area contributed by atoms with Gasteiger partial charge < -0.3 is 21.7 Å². The zero-order chi connectivity index (χ0) is 21.2. The van der Waals surface area contributed by atoms with Crippen LogP contribution in [0.15, 0.2) is 12.1 Å². The van der Waals surface area contributed by atoms with Gasteiger partial charge in [0.15, 0.2) is 0 Å². The highest BCUT2D eigenvalue weighted by atomic mass is 16.3. The Kier molecular flexibility index (Phi) is 6.59. The lowest BCUT2D eigenvalue weighted by molar-refractivity contribution is -0.133. The van der Waals surface area contributed by atoms with E-state index in [9.17, 15) is 15.0 Å². The van der Waals surface area contributed by atoms with Crippen molar-refractivity contribution < 1.29 is 15.0 Å². The minimum absolute atomic E-state index is 0.0214. The van der Waals surface area contributed by atoms with Gasteiger partial charge in [-0.2, -0.15) is 0 Å². The maximum atomic E-state index is 11.7. The molecule has 162 valence electrons. The Morgan fingerprint density at radius 1 is 1.10 bits per heavy atom. The molecule has 1 aromatic rings. The number of benzene rings is 1. The number of aryl methyl sites for hydroxylation is 1. The molecule has 1 amide bonds. The van der Waals surface area contributed by atoms with Crippen LogP contribution in [0.3, 0.4) is 0 Å². The maximum absolute atomic E-state index is 11.7. The molecule has 6 N–H and O–H groups in total. The summed E-state index contributed by atoms with van der Waals surface area (Å²) in [5, 5.41) is 22.4. The zero-order valence-corrected chi connectivity index (χ0v) is 18.0. The Bertz CT molecular complexity index is 739. The average Bonchev–Trinajstić information content (AvgIpc) is 2.62. The van der Waals surface area contributed by atoms with Crippen molar-refractivity contribution in [3.05, 3.63) is 28.8 Å². The smallest absolute Gasteiger partial charge is 0.252 e. The van der Waals surface area contributed by atoms with Crippen molar-refractivity contribution in [3.8, 4) is 5.75 Å². The molecule has 0 unspecified atom stereocenters. The lowest BCUT2D eigenvalue weighted by Gasteiger charge is -2.57. The maximum Gasteiger partial charge on any atom is 0.252 e. The molecule has 4 rings (SSSR count). The van der Waals surface area contributed by atoms with Crippen LogP contribution in [-0.4, -0.2) is 28.3 Å². The molecular formula is C24H38N2O3. The van der Waals surface area contributed by atoms with E-state index in [2.05, 4.69) is 6.92 Å². The molecule has 0 saturated heterocycles. The Labute approximate surface area is 174 Å². The third kappa shape index (κ3) is 3.79. The van der Waals surface area contributed by atoms with Gasteiger partial charge >= 0.3 is 0 Å². The molecule has 0 bridgehead atoms. The summed E-state index contributed by atoms with van der Waals surface area (Å²) in [6.07, 6.45) is 10.7. The number of carbonyl (C=O) groups is 1. The number of fused-ring (bicyclic) bond motifs is 1. The van der Waals surface area contributed by atoms with Crippen molar-refractivity contribution in [1.82, 2.24) is 0 Å². The van der Waals surface area contributed by atoms with Crippen LogP contribution < -0.4 is 11.5 Å². The lowest BCUT2D eigenvalue weighted by Crippen LogP contribution is -2.60. The van der Waals surface area contributed by atoms with Crippen LogP contribution in [-0.2, 0) is 5.41 Å². The number of aromatic hydroxyl groups is 1. The molecule has 0 aliphatic heterocycles. The molecule has 5 heteroatoms. The van der Waals surface area contributed by atoms with E-state index in [1.807, 2.05) is 13.0 Å². The third-order valence-electron chi connectivity index (χ3n) is 7.98. The molecule has 0 heterocycles. The van der Waals surface area contributed by atoms with E-state index in [1.165, 1.54) is 19.3 Å². The summed E-state index contributed by atoms with van der Waals surface area (Å²) in [4.78, 5) is 11.7. The number of primary amides is 1. The van der Waals surface area contributed by atoms with Gasteiger partial charge in [-0.3, -0.25) is 4.79 Å². The molecule has 0 spiro atoms. The summed E-state index contributed by atoms with van der Waals surface area (Å²) in [5.74, 6) is 0.438. The zero-order valence-electron chi connectivity index (χ0n) is 18.0. The molecule has 0 aromatic heterocycles. The van der Waals surface area contributed by atoms with Crippen LogP contribution >= 0.6 is 0 Å². The van der Waals surface area contributed by atoms with Crippen molar-refractivity contribution in [2.45, 2.75) is 89.1 Å². The minimum Gasteiger partial charge on any atom is -0.507 e. The predicted octanol–water partition coefficient (Wildman–Crippen LogP) is 3.91. The molecule has 29 heavy (non-hydrogen) atoms. The molecule has 1 aromatic carbocycles. The second-order valence-corrected chi connectivity index (χ2v) is 9.56. The number of rotatable bonds is 3. The van der Waals surface area contributed by atoms with E-state index in [0.717, 1.165) is 68.5 Å². The molecular weight excluding hydrogens is 364 g/mol. The number of nitrogens with two attached hydrogens (primary N) is 2. The van der Waals surface area contributed by atoms with Crippen molar-refractivity contribution in [2.75, 3.05) is 6.54 Å². The highest BCUT2D eigenvalue weighted by Gasteiger charge is 2.58. The predicted molar refractivity (Wildman–Crippen MR) is 116 cm³/mol. The van der Waals surface area contributed by atoms with Crippen LogP contribution in [0, 0.1) is 18.8 Å². The standard InChI is InChI=1S/C19H27NO3.C5H11N/c1-12-7-8-14(17(20)22)16(21)15(12)18-9-3-4-11-19(18,23)13(2)6-5-10-18;6-4-5-2-1-3-5/h7-8,13,21,23H,3-6,9-11H2,1-2H3,(H2,20,22);5H,1-4,6H2/t13-,18-,19+;/m0./s1. The first-order chi connectivity index (χ1) is 13.8. The van der Waals surface area contributed by atoms with E-state index < -0.39 is 16.9 Å². The second-order valence-electron chi connectivity index (χ2n) is 9.56. The van der Waals surface area contributed by atoms with E-state index >= 15 is 0 Å². The highest BCUT2D eigenvalue weighted by Crippen LogP contribution is 2.59. The van der Waals surface area contributed by atoms with Gasteiger partial charge in [0.25, 0.3) is 5.91 Å². The van der Waals surface area contributed by atoms with E-state index in [0.29, 0.717) is 0 Å². The Hall–Kier alpha value is -1.59. The van der Waals surface area contributed by atoms with Crippen LogP contribution in [0.25, 0.3) is 0 Å². The lowest BCUT2D eigenvalue weighted by atomic mass is 9.50. The Balaban J connectivity index is 0.000000343. The number of carbonyl (C=O) groups excluding carboxylic acids is 1. The SMILES string of the molecule is Cc1ccc(C(N)=O)c(O)c1[C@@]12CCCC[C@@]1(O)[C@@H](C)CCC2.NCC1CCC1. The molecule has 3 saturated carbocycles. The fourth-order valence-corrected chi connectivity index (χ4v) is 5.98. The molecule has 3 aliphatic rings. The van der Waals surface area contributed by atoms with Crippen molar-refractivity contribution in [3.63, 3.8) is 0 Å². The van der Waals surface area contributed by atoms with Crippen molar-refractivity contribution in [2.24, 2.45) is 23.3 Å². The average molecular weight is 403 g/mol. The Morgan fingerprint density at radius 2 is 1.76 bits per heavy atom. The summed E-state index contributed by atoms with van der Waals surface area (Å²) >= 11 is 0. The summed E-state index contributed by atoms with van der Waals surface area (Å²) in [5.41, 5.74) is 11.3. The van der Waals surface area contributed by atoms with Crippen LogP contribution in [0.1, 0.15) is 92.6 Å². The molecule has 0 radical (unpaired) electrons. The van der Waals surface area contributed by atoms with Crippen LogP contribution in [0.4, 0.5) is 0 Å². The van der Waals surface area contributed by atoms with Gasteiger partial charge in [-0.05, 0) is 75.5 Å². The first-order valence-corrected chi connectivity index (χ1v) is 11.3. The largest absolute Gasteiger partial charge is 0.507 e. The molecule has 5 nitrogen and oxygen atoms in total. The highest BCUT2D eigenvalue weighted by molar-refractivity contribution is 5.96. The monoisotopic (exact) mass is 402 g/mol. The first kappa shape index (κ1) is 22.1. The number of amides is 1. The van der Waals surface area contributed by atoms with Gasteiger partial charge in [0.05, 0.1) is 11.2 Å². The molecule has 3 atom stereocenters. The van der Waals surface area contributed by atoms with Gasteiger partial charge in [0.1, 0.15) is 5.75 Å². The number of phenols is 1. The fraction of sp³-hybridized carbons (Fsp3) is 0.708. The number of aliphatic hydroxyl groups is 1. The van der Waals surface area contributed by atoms with Crippen LogP contribution in [0.2, 0.25) is 0 Å². The van der Waals surface area contributed by atoms with Gasteiger partial charge in [-0.15, -0.1) is 0 Å². The summed E-state index contributed by atoms with van der Waals surface area (Å²) in [7, 11) is 0. The number of hydrogen-bond acceptors (Lipinski definition) is 4. The van der Waals surface area contributed by atoms with Gasteiger partial charge in [-0.25, -0.2) is 0 Å². The summed E-state index contributed by atoms with van der Waals surface area (Å²) in [6, 6.07) is 3.43. The molecule has 3 fully saturated rings.